The van der Waals surface area contributed by atoms with E-state index in [9.17, 15) is 0 Å². The van der Waals surface area contributed by atoms with E-state index in [2.05, 4.69) is 92.4 Å². The molecule has 1 aliphatic rings. The molecule has 2 heteroatoms. The normalized spacial score (nSPS) is 17.4. The summed E-state index contributed by atoms with van der Waals surface area (Å²) in [6.45, 7) is 8.86. The summed E-state index contributed by atoms with van der Waals surface area (Å²) < 4.78 is 0. The average molecular weight is 292 g/mol. The van der Waals surface area contributed by atoms with Crippen LogP contribution in [0.25, 0.3) is 0 Å². The zero-order valence-corrected chi connectivity index (χ0v) is 13.9. The monoisotopic (exact) mass is 292 g/mol. The van der Waals surface area contributed by atoms with Crippen molar-refractivity contribution in [2.45, 2.75) is 40.3 Å². The zero-order valence-electron chi connectivity index (χ0n) is 13.9. The first-order chi connectivity index (χ1) is 10.6. The Bertz CT molecular complexity index is 703. The molecule has 3 rings (SSSR count). The lowest BCUT2D eigenvalue weighted by atomic mass is 10.0. The number of aryl methyl sites for hydroxylation is 3. The predicted molar refractivity (Wildman–Crippen MR) is 95.3 cm³/mol. The second-order valence-electron chi connectivity index (χ2n) is 5.97. The lowest BCUT2D eigenvalue weighted by Crippen LogP contribution is -2.37. The first-order valence-electron chi connectivity index (χ1n) is 8.02. The fourth-order valence-corrected chi connectivity index (χ4v) is 3.30. The molecular weight excluding hydrogens is 268 g/mol. The molecule has 0 amide bonds. The van der Waals surface area contributed by atoms with Gasteiger partial charge in [0.2, 0.25) is 0 Å². The predicted octanol–water partition coefficient (Wildman–Crippen LogP) is 5.01. The lowest BCUT2D eigenvalue weighted by molar-refractivity contribution is 0.743. The van der Waals surface area contributed by atoms with Gasteiger partial charge in [-0.3, -0.25) is 0 Å². The van der Waals surface area contributed by atoms with E-state index in [0.717, 1.165) is 6.42 Å². The molecule has 0 saturated heterocycles. The van der Waals surface area contributed by atoms with Gasteiger partial charge >= 0.3 is 0 Å². The van der Waals surface area contributed by atoms with Gasteiger partial charge in [0.15, 0.2) is 0 Å². The lowest BCUT2D eigenvalue weighted by Gasteiger charge is -2.32. The molecule has 22 heavy (non-hydrogen) atoms. The smallest absolute Gasteiger partial charge is 0.107 e. The van der Waals surface area contributed by atoms with Crippen LogP contribution >= 0.6 is 0 Å². The molecule has 0 N–H and O–H groups in total. The molecule has 0 bridgehead atoms. The van der Waals surface area contributed by atoms with Crippen molar-refractivity contribution in [2.24, 2.45) is 0 Å². The molecule has 0 aliphatic carbocycles. The number of para-hydroxylation sites is 2. The Kier molecular flexibility index (Phi) is 3.93. The third-order valence-electron chi connectivity index (χ3n) is 4.55. The number of nitrogens with zero attached hydrogens (tertiary/aromatic N) is 2. The van der Waals surface area contributed by atoms with Crippen molar-refractivity contribution < 1.29 is 0 Å². The van der Waals surface area contributed by atoms with Crippen molar-refractivity contribution in [3.8, 4) is 0 Å². The molecule has 0 aromatic heterocycles. The maximum absolute atomic E-state index is 2.39. The number of hydrogen-bond acceptors (Lipinski definition) is 2. The molecule has 114 valence electrons. The minimum atomic E-state index is 0.285. The van der Waals surface area contributed by atoms with Gasteiger partial charge in [-0.1, -0.05) is 43.3 Å². The highest BCUT2D eigenvalue weighted by molar-refractivity contribution is 5.68. The number of benzene rings is 2. The van der Waals surface area contributed by atoms with Gasteiger partial charge in [-0.15, -0.1) is 0 Å². The molecule has 1 unspecified atom stereocenters. The summed E-state index contributed by atoms with van der Waals surface area (Å²) in [5, 5.41) is 0. The highest BCUT2D eigenvalue weighted by Gasteiger charge is 2.27. The van der Waals surface area contributed by atoms with Crippen LogP contribution in [-0.4, -0.2) is 6.17 Å². The van der Waals surface area contributed by atoms with Gasteiger partial charge in [0.05, 0.1) is 0 Å². The van der Waals surface area contributed by atoms with Crippen LogP contribution in [0.2, 0.25) is 0 Å². The van der Waals surface area contributed by atoms with E-state index in [-0.39, 0.29) is 6.17 Å². The molecule has 1 heterocycles. The van der Waals surface area contributed by atoms with Gasteiger partial charge in [0.1, 0.15) is 6.17 Å². The van der Waals surface area contributed by atoms with Crippen LogP contribution < -0.4 is 9.80 Å². The van der Waals surface area contributed by atoms with E-state index >= 15 is 0 Å². The minimum Gasteiger partial charge on any atom is -0.325 e. The molecule has 0 spiro atoms. The largest absolute Gasteiger partial charge is 0.325 e. The molecule has 0 saturated carbocycles. The second-order valence-corrected chi connectivity index (χ2v) is 5.97. The topological polar surface area (TPSA) is 6.48 Å². The molecule has 2 aromatic rings. The van der Waals surface area contributed by atoms with E-state index in [1.807, 2.05) is 0 Å². The fourth-order valence-electron chi connectivity index (χ4n) is 3.30. The summed E-state index contributed by atoms with van der Waals surface area (Å²) in [4.78, 5) is 4.74. The first-order valence-corrected chi connectivity index (χ1v) is 8.02. The number of anilines is 2. The van der Waals surface area contributed by atoms with Crippen molar-refractivity contribution in [2.75, 3.05) is 9.80 Å². The molecule has 1 atom stereocenters. The molecule has 2 aromatic carbocycles. The summed E-state index contributed by atoms with van der Waals surface area (Å²) in [7, 11) is 0. The van der Waals surface area contributed by atoms with Crippen molar-refractivity contribution in [1.82, 2.24) is 0 Å². The number of hydrogen-bond donors (Lipinski definition) is 0. The third-order valence-corrected chi connectivity index (χ3v) is 4.55. The summed E-state index contributed by atoms with van der Waals surface area (Å²) in [5.74, 6) is 0. The van der Waals surface area contributed by atoms with Crippen LogP contribution in [0.5, 0.6) is 0 Å². The minimum absolute atomic E-state index is 0.285. The Labute approximate surface area is 133 Å². The summed E-state index contributed by atoms with van der Waals surface area (Å²) in [6.07, 6.45) is 5.74. The maximum Gasteiger partial charge on any atom is 0.107 e. The Morgan fingerprint density at radius 2 is 1.55 bits per heavy atom. The fraction of sp³-hybridized carbons (Fsp3) is 0.300. The second kappa shape index (κ2) is 5.88. The number of rotatable bonds is 3. The van der Waals surface area contributed by atoms with E-state index < -0.39 is 0 Å². The Morgan fingerprint density at radius 3 is 2.27 bits per heavy atom. The van der Waals surface area contributed by atoms with Gasteiger partial charge in [-0.05, 0) is 49.9 Å². The Morgan fingerprint density at radius 1 is 0.864 bits per heavy atom. The summed E-state index contributed by atoms with van der Waals surface area (Å²) >= 11 is 0. The van der Waals surface area contributed by atoms with Crippen LogP contribution in [0.3, 0.4) is 0 Å². The van der Waals surface area contributed by atoms with Crippen molar-refractivity contribution in [3.05, 3.63) is 71.6 Å². The van der Waals surface area contributed by atoms with Gasteiger partial charge in [-0.25, -0.2) is 0 Å². The van der Waals surface area contributed by atoms with Crippen LogP contribution in [0.15, 0.2) is 54.9 Å². The van der Waals surface area contributed by atoms with E-state index in [4.69, 9.17) is 0 Å². The van der Waals surface area contributed by atoms with E-state index in [0.29, 0.717) is 0 Å². The average Bonchev–Trinajstić information content (AvgIpc) is 2.89. The highest BCUT2D eigenvalue weighted by Crippen LogP contribution is 2.34. The van der Waals surface area contributed by atoms with Gasteiger partial charge < -0.3 is 9.80 Å². The highest BCUT2D eigenvalue weighted by atomic mass is 15.4. The molecule has 0 radical (unpaired) electrons. The van der Waals surface area contributed by atoms with Crippen LogP contribution in [0.1, 0.15) is 30.5 Å². The van der Waals surface area contributed by atoms with Gasteiger partial charge in [0, 0.05) is 23.8 Å². The Hall–Kier alpha value is -2.22. The van der Waals surface area contributed by atoms with Gasteiger partial charge in [-0.2, -0.15) is 0 Å². The van der Waals surface area contributed by atoms with E-state index in [1.54, 1.807) is 0 Å². The van der Waals surface area contributed by atoms with Crippen LogP contribution in [0, 0.1) is 13.8 Å². The molecule has 1 aliphatic heterocycles. The SMILES string of the molecule is CCc1cccc(C)c1N1C=CN(c2ccccc2C)C1C. The molecule has 2 nitrogen and oxygen atoms in total. The van der Waals surface area contributed by atoms with Crippen molar-refractivity contribution in [1.29, 1.82) is 0 Å². The van der Waals surface area contributed by atoms with Gasteiger partial charge in [0.25, 0.3) is 0 Å². The Balaban J connectivity index is 1.97. The third kappa shape index (κ3) is 2.39. The van der Waals surface area contributed by atoms with Crippen molar-refractivity contribution in [3.63, 3.8) is 0 Å². The summed E-state index contributed by atoms with van der Waals surface area (Å²) in [6, 6.07) is 15.2. The zero-order chi connectivity index (χ0) is 15.7. The van der Waals surface area contributed by atoms with Crippen LogP contribution in [0.4, 0.5) is 11.4 Å². The van der Waals surface area contributed by atoms with Crippen molar-refractivity contribution >= 4 is 11.4 Å². The quantitative estimate of drug-likeness (QED) is 0.784. The van der Waals surface area contributed by atoms with Crippen LogP contribution in [-0.2, 0) is 6.42 Å². The van der Waals surface area contributed by atoms with E-state index in [1.165, 1.54) is 28.1 Å². The standard InChI is InChI=1S/C20H24N2/c1-5-18-11-8-10-16(3)20(18)22-14-13-21(17(22)4)19-12-7-6-9-15(19)2/h6-14,17H,5H2,1-4H3. The maximum atomic E-state index is 2.39. The summed E-state index contributed by atoms with van der Waals surface area (Å²) in [5.41, 5.74) is 6.68. The molecule has 0 fully saturated rings. The molecular formula is C20H24N2. The first kappa shape index (κ1) is 14.7.